The average Bonchev–Trinajstić information content (AvgIpc) is 2.80. The quantitative estimate of drug-likeness (QED) is 0.684. The molecule has 0 radical (unpaired) electrons. The van der Waals surface area contributed by atoms with Crippen LogP contribution in [0.25, 0.3) is 10.9 Å². The van der Waals surface area contributed by atoms with Crippen molar-refractivity contribution in [2.24, 2.45) is 0 Å². The van der Waals surface area contributed by atoms with Crippen molar-refractivity contribution in [3.05, 3.63) is 35.5 Å². The van der Waals surface area contributed by atoms with Crippen molar-refractivity contribution in [1.29, 1.82) is 0 Å². The van der Waals surface area contributed by atoms with E-state index in [1.807, 2.05) is 45.0 Å². The molecule has 0 unspecified atom stereocenters. The van der Waals surface area contributed by atoms with E-state index in [1.54, 1.807) is 4.90 Å². The van der Waals surface area contributed by atoms with Crippen LogP contribution in [-0.4, -0.2) is 46.9 Å². The van der Waals surface area contributed by atoms with Crippen LogP contribution in [0.5, 0.6) is 0 Å². The van der Waals surface area contributed by atoms with Gasteiger partial charge in [-0.15, -0.1) is 0 Å². The van der Waals surface area contributed by atoms with Gasteiger partial charge in [0.1, 0.15) is 0 Å². The van der Waals surface area contributed by atoms with E-state index in [1.165, 1.54) is 0 Å². The lowest BCUT2D eigenvalue weighted by Gasteiger charge is -2.34. The molecule has 116 valence electrons. The summed E-state index contributed by atoms with van der Waals surface area (Å²) in [6.45, 7) is 6.56. The average molecular weight is 300 g/mol. The van der Waals surface area contributed by atoms with Gasteiger partial charge in [-0.2, -0.15) is 0 Å². The van der Waals surface area contributed by atoms with Gasteiger partial charge in [0.25, 0.3) is 11.7 Å². The van der Waals surface area contributed by atoms with Crippen LogP contribution in [0, 0.1) is 6.92 Å². The van der Waals surface area contributed by atoms with Crippen molar-refractivity contribution in [3.63, 3.8) is 0 Å². The number of benzene rings is 1. The normalized spacial score (nSPS) is 22.0. The molecule has 5 heteroatoms. The second kappa shape index (κ2) is 5.57. The van der Waals surface area contributed by atoms with Crippen molar-refractivity contribution < 1.29 is 14.3 Å². The van der Waals surface area contributed by atoms with E-state index < -0.39 is 11.7 Å². The number of rotatable bonds is 2. The molecular weight excluding hydrogens is 280 g/mol. The smallest absolute Gasteiger partial charge is 0.295 e. The standard InChI is InChI=1S/C17H20N2O3/c1-10-8-19(9-11(2)22-10)17(21)16(20)15-12(3)18-14-7-5-4-6-13(14)15/h4-7,10-11,18H,8-9H2,1-3H3/t10-,11-/m1/s1. The number of amides is 1. The second-order valence-electron chi connectivity index (χ2n) is 5.97. The maximum Gasteiger partial charge on any atom is 0.295 e. The van der Waals surface area contributed by atoms with Gasteiger partial charge >= 0.3 is 0 Å². The first kappa shape index (κ1) is 14.8. The lowest BCUT2D eigenvalue weighted by molar-refractivity contribution is -0.138. The van der Waals surface area contributed by atoms with E-state index in [2.05, 4.69) is 4.98 Å². The molecule has 2 heterocycles. The molecule has 1 N–H and O–H groups in total. The molecule has 0 bridgehead atoms. The monoisotopic (exact) mass is 300 g/mol. The zero-order valence-electron chi connectivity index (χ0n) is 13.1. The van der Waals surface area contributed by atoms with Gasteiger partial charge < -0.3 is 14.6 Å². The number of aromatic amines is 1. The molecular formula is C17H20N2O3. The van der Waals surface area contributed by atoms with Crippen LogP contribution in [0.15, 0.2) is 24.3 Å². The largest absolute Gasteiger partial charge is 0.372 e. The Bertz CT molecular complexity index is 725. The molecule has 22 heavy (non-hydrogen) atoms. The molecule has 1 aliphatic heterocycles. The summed E-state index contributed by atoms with van der Waals surface area (Å²) in [5.74, 6) is -0.897. The Labute approximate surface area is 129 Å². The van der Waals surface area contributed by atoms with Gasteiger partial charge in [-0.05, 0) is 26.8 Å². The van der Waals surface area contributed by atoms with Gasteiger partial charge in [0.15, 0.2) is 0 Å². The Balaban J connectivity index is 1.92. The maximum absolute atomic E-state index is 12.7. The van der Waals surface area contributed by atoms with Crippen LogP contribution in [0.4, 0.5) is 0 Å². The highest BCUT2D eigenvalue weighted by molar-refractivity contribution is 6.45. The van der Waals surface area contributed by atoms with Crippen molar-refractivity contribution in [2.75, 3.05) is 13.1 Å². The number of para-hydroxylation sites is 1. The Morgan fingerprint density at radius 2 is 1.82 bits per heavy atom. The number of nitrogens with zero attached hydrogens (tertiary/aromatic N) is 1. The molecule has 2 atom stereocenters. The van der Waals surface area contributed by atoms with Gasteiger partial charge in [0.05, 0.1) is 17.8 Å². The van der Waals surface area contributed by atoms with Crippen LogP contribution in [0.1, 0.15) is 29.9 Å². The molecule has 1 aromatic carbocycles. The Morgan fingerprint density at radius 3 is 2.50 bits per heavy atom. The van der Waals surface area contributed by atoms with E-state index in [0.29, 0.717) is 18.7 Å². The van der Waals surface area contributed by atoms with E-state index in [9.17, 15) is 9.59 Å². The summed E-state index contributed by atoms with van der Waals surface area (Å²) in [5, 5.41) is 0.799. The first-order chi connectivity index (χ1) is 10.5. The van der Waals surface area contributed by atoms with E-state index >= 15 is 0 Å². The fraction of sp³-hybridized carbons (Fsp3) is 0.412. The summed E-state index contributed by atoms with van der Waals surface area (Å²) >= 11 is 0. The predicted molar refractivity (Wildman–Crippen MR) is 84.0 cm³/mol. The van der Waals surface area contributed by atoms with Crippen molar-refractivity contribution in [1.82, 2.24) is 9.88 Å². The van der Waals surface area contributed by atoms with E-state index in [0.717, 1.165) is 16.6 Å². The third-order valence-electron chi connectivity index (χ3n) is 4.02. The fourth-order valence-corrected chi connectivity index (χ4v) is 3.16. The lowest BCUT2D eigenvalue weighted by atomic mass is 10.0. The SMILES string of the molecule is Cc1[nH]c2ccccc2c1C(=O)C(=O)N1C[C@@H](C)O[C@H](C)C1. The summed E-state index contributed by atoms with van der Waals surface area (Å²) in [7, 11) is 0. The molecule has 1 fully saturated rings. The van der Waals surface area contributed by atoms with Gasteiger partial charge in [-0.3, -0.25) is 9.59 Å². The Morgan fingerprint density at radius 1 is 1.18 bits per heavy atom. The molecule has 3 rings (SSSR count). The second-order valence-corrected chi connectivity index (χ2v) is 5.97. The van der Waals surface area contributed by atoms with Crippen LogP contribution in [0.3, 0.4) is 0 Å². The summed E-state index contributed by atoms with van der Waals surface area (Å²) in [6.07, 6.45) is -0.103. The predicted octanol–water partition coefficient (Wildman–Crippen LogP) is 2.29. The van der Waals surface area contributed by atoms with Gasteiger partial charge in [0.2, 0.25) is 0 Å². The highest BCUT2D eigenvalue weighted by atomic mass is 16.5. The molecule has 0 aliphatic carbocycles. The molecule has 1 aliphatic rings. The molecule has 1 saturated heterocycles. The zero-order chi connectivity index (χ0) is 15.9. The van der Waals surface area contributed by atoms with Crippen LogP contribution in [0.2, 0.25) is 0 Å². The molecule has 0 spiro atoms. The third-order valence-corrected chi connectivity index (χ3v) is 4.02. The molecule has 0 saturated carbocycles. The van der Waals surface area contributed by atoms with Gasteiger partial charge in [-0.25, -0.2) is 0 Å². The number of aromatic nitrogens is 1. The van der Waals surface area contributed by atoms with Gasteiger partial charge in [0, 0.05) is 29.7 Å². The zero-order valence-corrected chi connectivity index (χ0v) is 13.1. The maximum atomic E-state index is 12.7. The van der Waals surface area contributed by atoms with Crippen molar-refractivity contribution in [3.8, 4) is 0 Å². The van der Waals surface area contributed by atoms with Crippen molar-refractivity contribution in [2.45, 2.75) is 33.0 Å². The minimum atomic E-state index is -0.449. The first-order valence-electron chi connectivity index (χ1n) is 7.53. The fourth-order valence-electron chi connectivity index (χ4n) is 3.16. The highest BCUT2D eigenvalue weighted by Gasteiger charge is 2.32. The number of Topliss-reactive ketones (excluding diaryl/α,β-unsaturated/α-hetero) is 1. The Hall–Kier alpha value is -2.14. The number of fused-ring (bicyclic) bond motifs is 1. The minimum Gasteiger partial charge on any atom is -0.372 e. The number of morpholine rings is 1. The Kier molecular flexibility index (Phi) is 3.74. The van der Waals surface area contributed by atoms with E-state index in [-0.39, 0.29) is 12.2 Å². The molecule has 1 aromatic heterocycles. The number of aryl methyl sites for hydroxylation is 1. The third kappa shape index (κ3) is 2.52. The summed E-state index contributed by atoms with van der Waals surface area (Å²) in [4.78, 5) is 30.1. The molecule has 1 amide bonds. The number of carbonyl (C=O) groups is 2. The number of H-pyrrole nitrogens is 1. The van der Waals surface area contributed by atoms with Crippen molar-refractivity contribution >= 4 is 22.6 Å². The van der Waals surface area contributed by atoms with Crippen LogP contribution in [-0.2, 0) is 9.53 Å². The molecule has 5 nitrogen and oxygen atoms in total. The number of hydrogen-bond acceptors (Lipinski definition) is 3. The van der Waals surface area contributed by atoms with E-state index in [4.69, 9.17) is 4.74 Å². The summed E-state index contributed by atoms with van der Waals surface area (Å²) in [6, 6.07) is 7.54. The number of ketones is 1. The summed E-state index contributed by atoms with van der Waals surface area (Å²) in [5.41, 5.74) is 2.08. The van der Waals surface area contributed by atoms with Gasteiger partial charge in [-0.1, -0.05) is 18.2 Å². The van der Waals surface area contributed by atoms with Crippen LogP contribution < -0.4 is 0 Å². The number of hydrogen-bond donors (Lipinski definition) is 1. The van der Waals surface area contributed by atoms with Crippen LogP contribution >= 0.6 is 0 Å². The number of nitrogens with one attached hydrogen (secondary N) is 1. The molecule has 2 aromatic rings. The summed E-state index contributed by atoms with van der Waals surface area (Å²) < 4.78 is 5.62. The number of carbonyl (C=O) groups excluding carboxylic acids is 2. The highest BCUT2D eigenvalue weighted by Crippen LogP contribution is 2.23. The minimum absolute atomic E-state index is 0.0513. The lowest BCUT2D eigenvalue weighted by Crippen LogP contribution is -2.50. The topological polar surface area (TPSA) is 62.4 Å². The first-order valence-corrected chi connectivity index (χ1v) is 7.53. The number of ether oxygens (including phenoxy) is 1.